The number of anilines is 3. The maximum atomic E-state index is 13.6. The first kappa shape index (κ1) is 47.2. The SMILES string of the molecule is CCSC1CC(=O)N(CCN(C)c2ccc3c(c2)C(C)(C)C(/C=C/C=C/C=C2/N(C)c4ccc(NC(=O)Cc5nnc(C)c6c5CCCC(OC(=O)NC)CC6)cc4C2(C)C)=[N+]3C)C1=O. The molecule has 2 atom stereocenters. The number of thioether (sulfide) groups is 1. The van der Waals surface area contributed by atoms with Crippen molar-refractivity contribution >= 4 is 64.0 Å². The number of alkyl carbamates (subject to hydrolysis) is 1. The van der Waals surface area contributed by atoms with Gasteiger partial charge in [-0.25, -0.2) is 4.79 Å². The Labute approximate surface area is 388 Å². The monoisotopic (exact) mass is 901 g/mol. The minimum Gasteiger partial charge on any atom is -0.446 e. The lowest BCUT2D eigenvalue weighted by Gasteiger charge is -2.24. The van der Waals surface area contributed by atoms with E-state index in [1.54, 1.807) is 18.8 Å². The maximum absolute atomic E-state index is 13.6. The first-order valence-corrected chi connectivity index (χ1v) is 23.9. The minimum absolute atomic E-state index is 0.0617. The molecule has 1 fully saturated rings. The number of nitrogens with zero attached hydrogens (tertiary/aromatic N) is 6. The van der Waals surface area contributed by atoms with Gasteiger partial charge in [0.15, 0.2) is 5.71 Å². The predicted octanol–water partition coefficient (Wildman–Crippen LogP) is 7.71. The Bertz CT molecular complexity index is 2510. The van der Waals surface area contributed by atoms with E-state index in [-0.39, 0.29) is 46.3 Å². The number of allylic oxidation sites excluding steroid dienone is 6. The fraction of sp³-hybridized carbons (Fsp3) is 0.471. The number of carbonyl (C=O) groups is 4. The smallest absolute Gasteiger partial charge is 0.407 e. The van der Waals surface area contributed by atoms with Crippen molar-refractivity contribution in [2.24, 2.45) is 0 Å². The minimum atomic E-state index is -0.414. The third-order valence-electron chi connectivity index (χ3n) is 13.7. The van der Waals surface area contributed by atoms with Gasteiger partial charge in [0.25, 0.3) is 0 Å². The summed E-state index contributed by atoms with van der Waals surface area (Å²) >= 11 is 1.55. The largest absolute Gasteiger partial charge is 0.446 e. The third kappa shape index (κ3) is 9.64. The van der Waals surface area contributed by atoms with Gasteiger partial charge in [-0.15, -0.1) is 11.8 Å². The lowest BCUT2D eigenvalue weighted by Crippen LogP contribution is -2.38. The van der Waals surface area contributed by atoms with E-state index in [0.29, 0.717) is 38.0 Å². The molecule has 1 aliphatic carbocycles. The molecule has 3 aromatic rings. The van der Waals surface area contributed by atoms with E-state index < -0.39 is 6.09 Å². The van der Waals surface area contributed by atoms with Gasteiger partial charge < -0.3 is 25.2 Å². The van der Waals surface area contributed by atoms with Crippen molar-refractivity contribution in [2.75, 3.05) is 62.1 Å². The van der Waals surface area contributed by atoms with Gasteiger partial charge in [0.2, 0.25) is 23.4 Å². The Morgan fingerprint density at radius 1 is 1.00 bits per heavy atom. The Balaban J connectivity index is 0.976. The number of aromatic nitrogens is 2. The number of amides is 4. The molecule has 1 aromatic heterocycles. The first-order valence-electron chi connectivity index (χ1n) is 22.8. The third-order valence-corrected chi connectivity index (χ3v) is 14.8. The summed E-state index contributed by atoms with van der Waals surface area (Å²) in [4.78, 5) is 56.6. The highest BCUT2D eigenvalue weighted by molar-refractivity contribution is 8.00. The van der Waals surface area contributed by atoms with Gasteiger partial charge in [0, 0.05) is 86.5 Å². The van der Waals surface area contributed by atoms with Crippen molar-refractivity contribution in [3.8, 4) is 0 Å². The van der Waals surface area contributed by atoms with Crippen LogP contribution in [0.25, 0.3) is 0 Å². The Morgan fingerprint density at radius 2 is 1.78 bits per heavy atom. The van der Waals surface area contributed by atoms with E-state index in [1.807, 2.05) is 27.0 Å². The van der Waals surface area contributed by atoms with Crippen LogP contribution in [0.1, 0.15) is 93.9 Å². The fourth-order valence-corrected chi connectivity index (χ4v) is 10.9. The lowest BCUT2D eigenvalue weighted by molar-refractivity contribution is -0.401. The van der Waals surface area contributed by atoms with Gasteiger partial charge in [0.1, 0.15) is 13.2 Å². The summed E-state index contributed by atoms with van der Waals surface area (Å²) < 4.78 is 7.82. The van der Waals surface area contributed by atoms with E-state index in [4.69, 9.17) is 4.74 Å². The molecule has 14 heteroatoms. The first-order chi connectivity index (χ1) is 31.0. The Kier molecular flexibility index (Phi) is 14.1. The van der Waals surface area contributed by atoms with Crippen molar-refractivity contribution in [3.63, 3.8) is 0 Å². The summed E-state index contributed by atoms with van der Waals surface area (Å²) in [6, 6.07) is 12.6. The Morgan fingerprint density at radius 3 is 2.54 bits per heavy atom. The van der Waals surface area contributed by atoms with E-state index in [9.17, 15) is 19.2 Å². The molecular formula is C51H65N8O5S+. The summed E-state index contributed by atoms with van der Waals surface area (Å²) in [5.41, 5.74) is 11.9. The van der Waals surface area contributed by atoms with Crippen molar-refractivity contribution in [2.45, 2.75) is 109 Å². The standard InChI is InChI=1S/C51H64N8O5S/c1-11-65-43-31-47(61)59(48(43)62)27-26-56(8)34-21-25-42-39(29-34)51(5,6)45(58(42)10)19-14-12-13-18-44-50(3,4)38-28-33(20-24-41(38)57(44)9)53-46(60)30-40-37-17-15-16-35(64-49(63)52-7)22-23-36(37)32(2)54-55-40/h12-14,18-21,24-25,28-29,35,43H,11,15-17,22-23,26-27,30-31H2,1-10H3,(H-,52,53,60,63)/p+1. The molecule has 0 saturated carbocycles. The second kappa shape index (κ2) is 19.4. The van der Waals surface area contributed by atoms with Gasteiger partial charge in [-0.05, 0) is 112 Å². The molecule has 344 valence electrons. The quantitative estimate of drug-likeness (QED) is 0.0997. The lowest BCUT2D eigenvalue weighted by atomic mass is 9.81. The summed E-state index contributed by atoms with van der Waals surface area (Å²) in [5.74, 6) is 0.537. The van der Waals surface area contributed by atoms with Crippen LogP contribution in [-0.4, -0.2) is 108 Å². The molecule has 4 amide bonds. The topological polar surface area (TPSA) is 140 Å². The molecule has 1 saturated heterocycles. The number of fused-ring (bicyclic) bond motifs is 3. The second-order valence-corrected chi connectivity index (χ2v) is 20.0. The number of benzene rings is 2. The number of hydrogen-bond acceptors (Lipinski definition) is 10. The van der Waals surface area contributed by atoms with Crippen LogP contribution in [0.3, 0.4) is 0 Å². The summed E-state index contributed by atoms with van der Waals surface area (Å²) in [6.07, 6.45) is 14.2. The highest BCUT2D eigenvalue weighted by Crippen LogP contribution is 2.48. The summed E-state index contributed by atoms with van der Waals surface area (Å²) in [7, 11) is 7.77. The number of hydrogen-bond donors (Lipinski definition) is 2. The van der Waals surface area contributed by atoms with Crippen LogP contribution in [0.4, 0.5) is 27.5 Å². The van der Waals surface area contributed by atoms with Crippen LogP contribution >= 0.6 is 11.8 Å². The summed E-state index contributed by atoms with van der Waals surface area (Å²) in [5, 5.41) is 14.3. The molecule has 4 heterocycles. The molecule has 0 spiro atoms. The van der Waals surface area contributed by atoms with Gasteiger partial charge in [-0.2, -0.15) is 14.8 Å². The van der Waals surface area contributed by atoms with Crippen LogP contribution in [0.15, 0.2) is 72.5 Å². The van der Waals surface area contributed by atoms with Gasteiger partial charge in [0.05, 0.1) is 28.5 Å². The van der Waals surface area contributed by atoms with Crippen LogP contribution < -0.4 is 20.4 Å². The zero-order valence-corrected chi connectivity index (χ0v) is 40.5. The molecule has 4 aliphatic rings. The number of likely N-dealkylation sites (tertiary alicyclic amines) is 1. The van der Waals surface area contributed by atoms with Gasteiger partial charge in [-0.3, -0.25) is 19.3 Å². The van der Waals surface area contributed by atoms with E-state index in [0.717, 1.165) is 75.8 Å². The van der Waals surface area contributed by atoms with E-state index >= 15 is 0 Å². The van der Waals surface area contributed by atoms with Crippen molar-refractivity contribution < 1.29 is 28.5 Å². The van der Waals surface area contributed by atoms with E-state index in [2.05, 4.69) is 138 Å². The number of nitrogens with one attached hydrogen (secondary N) is 2. The number of carbonyl (C=O) groups excluding carboxylic acids is 4. The number of likely N-dealkylation sites (N-methyl/N-ethyl adjacent to an activating group) is 2. The van der Waals surface area contributed by atoms with Crippen molar-refractivity contribution in [1.82, 2.24) is 20.4 Å². The normalized spacial score (nSPS) is 20.6. The van der Waals surface area contributed by atoms with Crippen LogP contribution in [0, 0.1) is 6.92 Å². The molecule has 65 heavy (non-hydrogen) atoms. The highest BCUT2D eigenvalue weighted by Gasteiger charge is 2.44. The molecule has 0 radical (unpaired) electrons. The van der Waals surface area contributed by atoms with Crippen LogP contribution in [0.2, 0.25) is 0 Å². The molecule has 2 unspecified atom stereocenters. The molecule has 13 nitrogen and oxygen atoms in total. The zero-order valence-electron chi connectivity index (χ0n) is 39.7. The molecule has 3 aliphatic heterocycles. The maximum Gasteiger partial charge on any atom is 0.407 e. The van der Waals surface area contributed by atoms with Crippen molar-refractivity contribution in [1.29, 1.82) is 0 Å². The Hall–Kier alpha value is -5.76. The average molecular weight is 902 g/mol. The molecule has 0 bridgehead atoms. The number of imide groups is 1. The predicted molar refractivity (Wildman–Crippen MR) is 261 cm³/mol. The fourth-order valence-electron chi connectivity index (χ4n) is 9.99. The van der Waals surface area contributed by atoms with E-state index in [1.165, 1.54) is 16.2 Å². The second-order valence-electron chi connectivity index (χ2n) is 18.6. The number of rotatable bonds is 13. The van der Waals surface area contributed by atoms with Crippen LogP contribution in [-0.2, 0) is 49.2 Å². The number of aryl methyl sites for hydroxylation is 1. The van der Waals surface area contributed by atoms with Crippen LogP contribution in [0.5, 0.6) is 0 Å². The highest BCUT2D eigenvalue weighted by atomic mass is 32.2. The van der Waals surface area contributed by atoms with Gasteiger partial charge >= 0.3 is 6.09 Å². The van der Waals surface area contributed by atoms with Crippen molar-refractivity contribution in [3.05, 3.63) is 106 Å². The molecular weight excluding hydrogens is 837 g/mol. The zero-order chi connectivity index (χ0) is 46.8. The molecule has 2 N–H and O–H groups in total. The average Bonchev–Trinajstić information content (AvgIpc) is 3.72. The molecule has 2 aromatic carbocycles. The summed E-state index contributed by atoms with van der Waals surface area (Å²) in [6.45, 7) is 13.8. The number of ether oxygens (including phenoxy) is 1. The molecule has 7 rings (SSSR count). The van der Waals surface area contributed by atoms with Gasteiger partial charge in [-0.1, -0.05) is 39.0 Å².